The summed E-state index contributed by atoms with van der Waals surface area (Å²) in [6.07, 6.45) is 4.80. The van der Waals surface area contributed by atoms with Crippen molar-refractivity contribution in [3.05, 3.63) is 18.1 Å². The van der Waals surface area contributed by atoms with E-state index in [-0.39, 0.29) is 0 Å². The van der Waals surface area contributed by atoms with Crippen molar-refractivity contribution in [3.8, 4) is 5.88 Å². The highest BCUT2D eigenvalue weighted by atomic mass is 16.5. The minimum absolute atomic E-state index is 0.481. The summed E-state index contributed by atoms with van der Waals surface area (Å²) in [6, 6.07) is 2.37. The van der Waals surface area contributed by atoms with Crippen molar-refractivity contribution in [3.63, 3.8) is 0 Å². The average molecular weight is 209 g/mol. The molecule has 4 heteroatoms. The maximum Gasteiger partial charge on any atom is 0.216 e. The topological polar surface area (TPSA) is 47.0 Å². The van der Waals surface area contributed by atoms with E-state index in [9.17, 15) is 0 Å². The fourth-order valence-corrected chi connectivity index (χ4v) is 1.55. The Balaban J connectivity index is 2.61. The van der Waals surface area contributed by atoms with Gasteiger partial charge in [0.1, 0.15) is 6.33 Å². The van der Waals surface area contributed by atoms with Gasteiger partial charge in [-0.25, -0.2) is 9.97 Å². The zero-order valence-electron chi connectivity index (χ0n) is 9.66. The molecule has 0 aliphatic carbocycles. The molecule has 0 radical (unpaired) electrons. The van der Waals surface area contributed by atoms with Crippen LogP contribution in [-0.2, 0) is 6.42 Å². The molecule has 1 aromatic heterocycles. The molecule has 15 heavy (non-hydrogen) atoms. The molecule has 1 N–H and O–H groups in total. The summed E-state index contributed by atoms with van der Waals surface area (Å²) in [5.41, 5.74) is 1.02. The molecule has 1 heterocycles. The van der Waals surface area contributed by atoms with Crippen LogP contribution in [0.3, 0.4) is 0 Å². The van der Waals surface area contributed by atoms with Crippen molar-refractivity contribution in [1.29, 1.82) is 0 Å². The number of hydrogen-bond acceptors (Lipinski definition) is 4. The molecule has 84 valence electrons. The molecule has 0 saturated heterocycles. The second kappa shape index (κ2) is 6.35. The van der Waals surface area contributed by atoms with E-state index in [0.29, 0.717) is 11.9 Å². The third-order valence-corrected chi connectivity index (χ3v) is 2.41. The van der Waals surface area contributed by atoms with Crippen molar-refractivity contribution >= 4 is 0 Å². The molecule has 1 atom stereocenters. The molecule has 1 rings (SSSR count). The Morgan fingerprint density at radius 1 is 1.47 bits per heavy atom. The summed E-state index contributed by atoms with van der Waals surface area (Å²) in [5.74, 6) is 0.631. The van der Waals surface area contributed by atoms with Gasteiger partial charge in [0.2, 0.25) is 5.88 Å². The van der Waals surface area contributed by atoms with Crippen LogP contribution in [-0.4, -0.2) is 30.2 Å². The summed E-state index contributed by atoms with van der Waals surface area (Å²) in [6.45, 7) is 2.19. The predicted molar refractivity (Wildman–Crippen MR) is 60.0 cm³/mol. The molecular formula is C11H19N3O. The smallest absolute Gasteiger partial charge is 0.216 e. The van der Waals surface area contributed by atoms with E-state index >= 15 is 0 Å². The summed E-state index contributed by atoms with van der Waals surface area (Å²) in [4.78, 5) is 8.21. The molecule has 0 saturated carbocycles. The number of ether oxygens (including phenoxy) is 1. The fourth-order valence-electron chi connectivity index (χ4n) is 1.55. The summed E-state index contributed by atoms with van der Waals surface area (Å²) in [5, 5.41) is 3.29. The van der Waals surface area contributed by atoms with Gasteiger partial charge in [-0.15, -0.1) is 0 Å². The zero-order chi connectivity index (χ0) is 11.1. The zero-order valence-corrected chi connectivity index (χ0v) is 9.66. The van der Waals surface area contributed by atoms with E-state index in [4.69, 9.17) is 4.74 Å². The number of methoxy groups -OCH3 is 1. The van der Waals surface area contributed by atoms with Gasteiger partial charge in [0.05, 0.1) is 7.11 Å². The number of nitrogens with zero attached hydrogens (tertiary/aromatic N) is 2. The standard InChI is InChI=1S/C11H19N3O/c1-4-5-9(12-2)6-10-7-11(15-3)14-8-13-10/h7-9,12H,4-6H2,1-3H3. The van der Waals surface area contributed by atoms with Crippen LogP contribution < -0.4 is 10.1 Å². The maximum atomic E-state index is 5.06. The van der Waals surface area contributed by atoms with E-state index < -0.39 is 0 Å². The van der Waals surface area contributed by atoms with Gasteiger partial charge in [-0.05, 0) is 13.5 Å². The molecule has 0 aliphatic rings. The lowest BCUT2D eigenvalue weighted by molar-refractivity contribution is 0.395. The number of likely N-dealkylation sites (N-methyl/N-ethyl adjacent to an activating group) is 1. The van der Waals surface area contributed by atoms with Gasteiger partial charge in [-0.2, -0.15) is 0 Å². The first kappa shape index (κ1) is 11.9. The third-order valence-electron chi connectivity index (χ3n) is 2.41. The van der Waals surface area contributed by atoms with Gasteiger partial charge in [0, 0.05) is 24.2 Å². The van der Waals surface area contributed by atoms with Crippen LogP contribution in [0.2, 0.25) is 0 Å². The largest absolute Gasteiger partial charge is 0.481 e. The Hall–Kier alpha value is -1.16. The van der Waals surface area contributed by atoms with Crippen LogP contribution in [0.5, 0.6) is 5.88 Å². The highest BCUT2D eigenvalue weighted by Gasteiger charge is 2.07. The van der Waals surface area contributed by atoms with Crippen LogP contribution in [0.1, 0.15) is 25.5 Å². The number of hydrogen-bond donors (Lipinski definition) is 1. The molecule has 0 amide bonds. The quantitative estimate of drug-likeness (QED) is 0.769. The lowest BCUT2D eigenvalue weighted by atomic mass is 10.1. The summed E-state index contributed by atoms with van der Waals surface area (Å²) >= 11 is 0. The molecular weight excluding hydrogens is 190 g/mol. The van der Waals surface area contributed by atoms with Crippen molar-refractivity contribution in [2.24, 2.45) is 0 Å². The lowest BCUT2D eigenvalue weighted by Gasteiger charge is -2.14. The first-order chi connectivity index (χ1) is 7.30. The molecule has 1 unspecified atom stereocenters. The Morgan fingerprint density at radius 3 is 2.87 bits per heavy atom. The third kappa shape index (κ3) is 3.83. The number of aromatic nitrogens is 2. The molecule has 0 bridgehead atoms. The van der Waals surface area contributed by atoms with E-state index in [0.717, 1.165) is 18.5 Å². The Bertz CT molecular complexity index is 291. The van der Waals surface area contributed by atoms with Crippen LogP contribution in [0, 0.1) is 0 Å². The van der Waals surface area contributed by atoms with Crippen LogP contribution in [0.4, 0.5) is 0 Å². The van der Waals surface area contributed by atoms with E-state index in [2.05, 4.69) is 22.2 Å². The minimum atomic E-state index is 0.481. The summed E-state index contributed by atoms with van der Waals surface area (Å²) < 4.78 is 5.06. The lowest BCUT2D eigenvalue weighted by Crippen LogP contribution is -2.27. The van der Waals surface area contributed by atoms with Crippen LogP contribution in [0.15, 0.2) is 12.4 Å². The molecule has 1 aromatic rings. The van der Waals surface area contributed by atoms with E-state index in [1.807, 2.05) is 13.1 Å². The number of rotatable bonds is 6. The maximum absolute atomic E-state index is 5.06. The molecule has 4 nitrogen and oxygen atoms in total. The SMILES string of the molecule is CCCC(Cc1cc(OC)ncn1)NC. The predicted octanol–water partition coefficient (Wildman–Crippen LogP) is 1.42. The Kier molecular flexibility index (Phi) is 5.04. The van der Waals surface area contributed by atoms with E-state index in [1.165, 1.54) is 6.42 Å². The van der Waals surface area contributed by atoms with Crippen molar-refractivity contribution in [2.45, 2.75) is 32.2 Å². The molecule has 0 aromatic carbocycles. The first-order valence-electron chi connectivity index (χ1n) is 5.32. The van der Waals surface area contributed by atoms with Gasteiger partial charge in [0.25, 0.3) is 0 Å². The summed E-state index contributed by atoms with van der Waals surface area (Å²) in [7, 11) is 3.60. The van der Waals surface area contributed by atoms with Crippen LogP contribution in [0.25, 0.3) is 0 Å². The van der Waals surface area contributed by atoms with Crippen molar-refractivity contribution in [1.82, 2.24) is 15.3 Å². The van der Waals surface area contributed by atoms with E-state index in [1.54, 1.807) is 13.4 Å². The Morgan fingerprint density at radius 2 is 2.27 bits per heavy atom. The van der Waals surface area contributed by atoms with Gasteiger partial charge in [-0.1, -0.05) is 13.3 Å². The first-order valence-corrected chi connectivity index (χ1v) is 5.32. The number of nitrogens with one attached hydrogen (secondary N) is 1. The second-order valence-electron chi connectivity index (χ2n) is 3.53. The Labute approximate surface area is 91.1 Å². The van der Waals surface area contributed by atoms with Crippen LogP contribution >= 0.6 is 0 Å². The normalized spacial score (nSPS) is 12.5. The average Bonchev–Trinajstić information content (AvgIpc) is 2.29. The highest BCUT2D eigenvalue weighted by Crippen LogP contribution is 2.09. The van der Waals surface area contributed by atoms with Gasteiger partial charge >= 0.3 is 0 Å². The second-order valence-corrected chi connectivity index (χ2v) is 3.53. The van der Waals surface area contributed by atoms with Gasteiger partial charge < -0.3 is 10.1 Å². The van der Waals surface area contributed by atoms with Gasteiger partial charge in [0.15, 0.2) is 0 Å². The highest BCUT2D eigenvalue weighted by molar-refractivity contribution is 5.14. The van der Waals surface area contributed by atoms with Crippen molar-refractivity contribution < 1.29 is 4.74 Å². The minimum Gasteiger partial charge on any atom is -0.481 e. The molecule has 0 fully saturated rings. The fraction of sp³-hybridized carbons (Fsp3) is 0.636. The van der Waals surface area contributed by atoms with Crippen molar-refractivity contribution in [2.75, 3.05) is 14.2 Å². The molecule has 0 spiro atoms. The molecule has 0 aliphatic heterocycles. The van der Waals surface area contributed by atoms with Gasteiger partial charge in [-0.3, -0.25) is 0 Å². The monoisotopic (exact) mass is 209 g/mol.